The fourth-order valence-corrected chi connectivity index (χ4v) is 3.02. The molecule has 2 aromatic rings. The van der Waals surface area contributed by atoms with Crippen molar-refractivity contribution in [3.63, 3.8) is 0 Å². The molecule has 1 aromatic heterocycles. The second-order valence-corrected chi connectivity index (χ2v) is 5.89. The second kappa shape index (κ2) is 5.41. The number of aliphatic hydroxyl groups excluding tert-OH is 1. The van der Waals surface area contributed by atoms with Crippen LogP contribution in [-0.4, -0.2) is 24.1 Å². The molecule has 5 nitrogen and oxygen atoms in total. The van der Waals surface area contributed by atoms with Crippen LogP contribution in [0.15, 0.2) is 33.5 Å². The van der Waals surface area contributed by atoms with Crippen LogP contribution in [0.4, 0.5) is 0 Å². The first-order chi connectivity index (χ1) is 10.5. The van der Waals surface area contributed by atoms with Gasteiger partial charge in [-0.3, -0.25) is 0 Å². The summed E-state index contributed by atoms with van der Waals surface area (Å²) in [6.07, 6.45) is -0.835. The van der Waals surface area contributed by atoms with Gasteiger partial charge >= 0.3 is 5.63 Å². The summed E-state index contributed by atoms with van der Waals surface area (Å²) in [4.78, 5) is 12.5. The zero-order valence-electron chi connectivity index (χ0n) is 13.0. The zero-order valence-corrected chi connectivity index (χ0v) is 13.0. The van der Waals surface area contributed by atoms with Gasteiger partial charge in [0.1, 0.15) is 11.3 Å². The maximum Gasteiger partial charge on any atom is 0.343 e. The molecule has 2 heterocycles. The third kappa shape index (κ3) is 2.21. The molecule has 1 N–H and O–H groups in total. The monoisotopic (exact) mass is 304 g/mol. The van der Waals surface area contributed by atoms with E-state index in [0.717, 1.165) is 0 Å². The highest BCUT2D eigenvalue weighted by molar-refractivity contribution is 5.85. The standard InChI is InChI=1S/C17H20O5/c1-4-20-13-9-17(3,10(2)18)14-15(22-13)11-7-5-6-8-12(11)21-16(14)19/h5-8,10,13,18H,4,9H2,1-3H3/t10?,13-,17+/m0/s1. The Labute approximate surface area is 128 Å². The molecule has 1 unspecified atom stereocenters. The van der Waals surface area contributed by atoms with E-state index < -0.39 is 23.4 Å². The van der Waals surface area contributed by atoms with Crippen molar-refractivity contribution < 1.29 is 19.0 Å². The van der Waals surface area contributed by atoms with Crippen molar-refractivity contribution in [2.75, 3.05) is 6.61 Å². The summed E-state index contributed by atoms with van der Waals surface area (Å²) >= 11 is 0. The van der Waals surface area contributed by atoms with Crippen molar-refractivity contribution in [2.45, 2.75) is 45.0 Å². The quantitative estimate of drug-likeness (QED) is 0.883. The van der Waals surface area contributed by atoms with E-state index in [-0.39, 0.29) is 0 Å². The summed E-state index contributed by atoms with van der Waals surface area (Å²) in [6, 6.07) is 7.22. The Bertz CT molecular complexity index is 748. The van der Waals surface area contributed by atoms with Crippen molar-refractivity contribution in [1.29, 1.82) is 0 Å². The lowest BCUT2D eigenvalue weighted by molar-refractivity contribution is -0.113. The molecule has 0 fully saturated rings. The largest absolute Gasteiger partial charge is 0.464 e. The van der Waals surface area contributed by atoms with Crippen molar-refractivity contribution in [3.8, 4) is 5.75 Å². The molecule has 22 heavy (non-hydrogen) atoms. The number of hydrogen-bond donors (Lipinski definition) is 1. The first kappa shape index (κ1) is 15.1. The Morgan fingerprint density at radius 1 is 1.45 bits per heavy atom. The van der Waals surface area contributed by atoms with Crippen LogP contribution in [0.1, 0.15) is 32.8 Å². The summed E-state index contributed by atoms with van der Waals surface area (Å²) < 4.78 is 16.9. The topological polar surface area (TPSA) is 68.9 Å². The van der Waals surface area contributed by atoms with Gasteiger partial charge in [0.15, 0.2) is 0 Å². The van der Waals surface area contributed by atoms with Crippen molar-refractivity contribution in [3.05, 3.63) is 40.2 Å². The summed E-state index contributed by atoms with van der Waals surface area (Å²) in [5, 5.41) is 11.0. The number of fused-ring (bicyclic) bond motifs is 3. The number of hydrogen-bond acceptors (Lipinski definition) is 5. The van der Waals surface area contributed by atoms with E-state index >= 15 is 0 Å². The van der Waals surface area contributed by atoms with Crippen LogP contribution in [-0.2, 0) is 10.2 Å². The van der Waals surface area contributed by atoms with Crippen LogP contribution in [0.25, 0.3) is 11.0 Å². The van der Waals surface area contributed by atoms with Gasteiger partial charge in [-0.2, -0.15) is 0 Å². The highest BCUT2D eigenvalue weighted by Gasteiger charge is 2.45. The van der Waals surface area contributed by atoms with Crippen LogP contribution in [0.3, 0.4) is 0 Å². The molecule has 1 aliphatic rings. The number of ether oxygens (including phenoxy) is 2. The lowest BCUT2D eigenvalue weighted by atomic mass is 9.73. The van der Waals surface area contributed by atoms with Crippen LogP contribution in [0.2, 0.25) is 0 Å². The Balaban J connectivity index is 2.30. The van der Waals surface area contributed by atoms with Gasteiger partial charge in [-0.1, -0.05) is 19.1 Å². The Morgan fingerprint density at radius 2 is 2.18 bits per heavy atom. The van der Waals surface area contributed by atoms with Crippen molar-refractivity contribution >= 4 is 11.0 Å². The molecule has 118 valence electrons. The van der Waals surface area contributed by atoms with E-state index in [1.165, 1.54) is 0 Å². The first-order valence-electron chi connectivity index (χ1n) is 7.50. The van der Waals surface area contributed by atoms with E-state index in [2.05, 4.69) is 0 Å². The zero-order chi connectivity index (χ0) is 15.9. The summed E-state index contributed by atoms with van der Waals surface area (Å²) in [7, 11) is 0. The minimum Gasteiger partial charge on any atom is -0.464 e. The molecule has 0 bridgehead atoms. The molecular weight excluding hydrogens is 284 g/mol. The van der Waals surface area contributed by atoms with Crippen LogP contribution in [0, 0.1) is 0 Å². The van der Waals surface area contributed by atoms with Crippen LogP contribution >= 0.6 is 0 Å². The predicted octanol–water partition coefficient (Wildman–Crippen LogP) is 2.58. The molecule has 0 radical (unpaired) electrons. The fourth-order valence-electron chi connectivity index (χ4n) is 3.02. The highest BCUT2D eigenvalue weighted by atomic mass is 16.7. The van der Waals surface area contributed by atoms with Gasteiger partial charge < -0.3 is 19.0 Å². The van der Waals surface area contributed by atoms with Gasteiger partial charge in [0.2, 0.25) is 6.29 Å². The van der Waals surface area contributed by atoms with Gasteiger partial charge in [-0.15, -0.1) is 0 Å². The number of para-hydroxylation sites is 1. The van der Waals surface area contributed by atoms with Gasteiger partial charge in [0.05, 0.1) is 17.1 Å². The van der Waals surface area contributed by atoms with E-state index in [1.807, 2.05) is 26.0 Å². The third-order valence-corrected chi connectivity index (χ3v) is 4.45. The average molecular weight is 304 g/mol. The van der Waals surface area contributed by atoms with Gasteiger partial charge in [-0.25, -0.2) is 4.79 Å². The first-order valence-corrected chi connectivity index (χ1v) is 7.50. The molecule has 0 amide bonds. The summed E-state index contributed by atoms with van der Waals surface area (Å²) in [5.41, 5.74) is -0.390. The van der Waals surface area contributed by atoms with Crippen LogP contribution < -0.4 is 10.4 Å². The number of aliphatic hydroxyl groups is 1. The summed E-state index contributed by atoms with van der Waals surface area (Å²) in [5.74, 6) is 0.458. The normalized spacial score (nSPS) is 25.5. The molecule has 0 saturated heterocycles. The number of rotatable bonds is 3. The molecule has 5 heteroatoms. The van der Waals surface area contributed by atoms with Crippen LogP contribution in [0.5, 0.6) is 5.75 Å². The average Bonchev–Trinajstić information content (AvgIpc) is 2.47. The van der Waals surface area contributed by atoms with Crippen molar-refractivity contribution in [2.24, 2.45) is 0 Å². The predicted molar refractivity (Wildman–Crippen MR) is 82.2 cm³/mol. The molecule has 1 aliphatic heterocycles. The second-order valence-electron chi connectivity index (χ2n) is 5.89. The maximum atomic E-state index is 12.5. The SMILES string of the molecule is CCO[C@@H]1C[C@](C)(C(C)O)c2c(c3ccccc3oc2=O)O1. The smallest absolute Gasteiger partial charge is 0.343 e. The lowest BCUT2D eigenvalue weighted by Gasteiger charge is -2.40. The van der Waals surface area contributed by atoms with E-state index in [1.54, 1.807) is 19.1 Å². The van der Waals surface area contributed by atoms with Gasteiger partial charge in [-0.05, 0) is 26.0 Å². The molecule has 0 aliphatic carbocycles. The molecule has 0 saturated carbocycles. The van der Waals surface area contributed by atoms with E-state index in [9.17, 15) is 9.90 Å². The van der Waals surface area contributed by atoms with Gasteiger partial charge in [0, 0.05) is 18.4 Å². The Kier molecular flexibility index (Phi) is 3.70. The van der Waals surface area contributed by atoms with E-state index in [4.69, 9.17) is 13.9 Å². The lowest BCUT2D eigenvalue weighted by Crippen LogP contribution is -2.47. The van der Waals surface area contributed by atoms with E-state index in [0.29, 0.717) is 35.3 Å². The molecular formula is C17H20O5. The fraction of sp³-hybridized carbons (Fsp3) is 0.471. The molecule has 0 spiro atoms. The third-order valence-electron chi connectivity index (χ3n) is 4.45. The highest BCUT2D eigenvalue weighted by Crippen LogP contribution is 2.44. The molecule has 3 atom stereocenters. The maximum absolute atomic E-state index is 12.5. The van der Waals surface area contributed by atoms with Crippen molar-refractivity contribution in [1.82, 2.24) is 0 Å². The minimum absolute atomic E-state index is 0.386. The molecule has 1 aromatic carbocycles. The van der Waals surface area contributed by atoms with Gasteiger partial charge in [0.25, 0.3) is 0 Å². The summed E-state index contributed by atoms with van der Waals surface area (Å²) in [6.45, 7) is 5.90. The minimum atomic E-state index is -0.780. The number of benzene rings is 1. The Hall–Kier alpha value is -1.85. The molecule has 3 rings (SSSR count). The Morgan fingerprint density at radius 3 is 2.86 bits per heavy atom.